The first-order valence-electron chi connectivity index (χ1n) is 5.72. The molecule has 0 saturated carbocycles. The smallest absolute Gasteiger partial charge is 0.0238 e. The van der Waals surface area contributed by atoms with E-state index in [0.29, 0.717) is 12.1 Å². The van der Waals surface area contributed by atoms with Crippen LogP contribution in [0.4, 0.5) is 0 Å². The monoisotopic (exact) mass is 204 g/mol. The summed E-state index contributed by atoms with van der Waals surface area (Å²) in [6.45, 7) is 4.57. The summed E-state index contributed by atoms with van der Waals surface area (Å²) < 4.78 is 0. The Morgan fingerprint density at radius 2 is 2.00 bits per heavy atom. The van der Waals surface area contributed by atoms with Crippen LogP contribution < -0.4 is 5.32 Å². The van der Waals surface area contributed by atoms with Crippen LogP contribution in [0.15, 0.2) is 30.3 Å². The molecule has 1 unspecified atom stereocenters. The third-order valence-electron chi connectivity index (χ3n) is 2.96. The maximum atomic E-state index is 3.65. The Labute approximate surface area is 92.3 Å². The lowest BCUT2D eigenvalue weighted by Crippen LogP contribution is -2.54. The van der Waals surface area contributed by atoms with Crippen molar-refractivity contribution in [3.8, 4) is 0 Å². The summed E-state index contributed by atoms with van der Waals surface area (Å²) in [5, 5.41) is 3.65. The summed E-state index contributed by atoms with van der Waals surface area (Å²) in [6, 6.07) is 11.9. The van der Waals surface area contributed by atoms with E-state index in [1.165, 1.54) is 5.56 Å². The number of nitrogens with one attached hydrogen (secondary N) is 1. The van der Waals surface area contributed by atoms with Gasteiger partial charge in [0.05, 0.1) is 0 Å². The van der Waals surface area contributed by atoms with Gasteiger partial charge < -0.3 is 10.2 Å². The van der Waals surface area contributed by atoms with Crippen LogP contribution in [0.3, 0.4) is 0 Å². The lowest BCUT2D eigenvalue weighted by Gasteiger charge is -2.35. The second kappa shape index (κ2) is 4.77. The van der Waals surface area contributed by atoms with Crippen molar-refractivity contribution in [2.24, 2.45) is 0 Å². The Morgan fingerprint density at radius 3 is 2.67 bits per heavy atom. The van der Waals surface area contributed by atoms with Crippen LogP contribution in [0, 0.1) is 0 Å². The highest BCUT2D eigenvalue weighted by Gasteiger charge is 2.21. The first-order valence-corrected chi connectivity index (χ1v) is 5.72. The van der Waals surface area contributed by atoms with Gasteiger partial charge in [0.25, 0.3) is 0 Å². The molecular weight excluding hydrogens is 184 g/mol. The van der Waals surface area contributed by atoms with Crippen molar-refractivity contribution in [3.63, 3.8) is 0 Å². The van der Waals surface area contributed by atoms with Gasteiger partial charge in [0, 0.05) is 25.2 Å². The summed E-state index contributed by atoms with van der Waals surface area (Å²) in [5.74, 6) is 0. The molecule has 2 nitrogen and oxygen atoms in total. The number of rotatable bonds is 2. The molecule has 2 heteroatoms. The molecule has 1 fully saturated rings. The van der Waals surface area contributed by atoms with Crippen LogP contribution in [0.2, 0.25) is 0 Å². The fraction of sp³-hybridized carbons (Fsp3) is 0.538. The summed E-state index contributed by atoms with van der Waals surface area (Å²) >= 11 is 0. The zero-order valence-electron chi connectivity index (χ0n) is 9.61. The van der Waals surface area contributed by atoms with Gasteiger partial charge in [-0.1, -0.05) is 30.3 Å². The Morgan fingerprint density at radius 1 is 1.27 bits per heavy atom. The molecular formula is C13H20N2. The molecule has 1 heterocycles. The fourth-order valence-corrected chi connectivity index (χ4v) is 2.45. The molecule has 15 heavy (non-hydrogen) atoms. The van der Waals surface area contributed by atoms with Crippen molar-refractivity contribution >= 4 is 0 Å². The number of hydrogen-bond acceptors (Lipinski definition) is 2. The molecule has 1 N–H and O–H groups in total. The summed E-state index contributed by atoms with van der Waals surface area (Å²) in [4.78, 5) is 2.41. The second-order valence-electron chi connectivity index (χ2n) is 4.68. The first kappa shape index (κ1) is 10.7. The molecule has 1 saturated heterocycles. The van der Waals surface area contributed by atoms with Crippen LogP contribution in [0.1, 0.15) is 12.5 Å². The molecule has 1 aromatic rings. The van der Waals surface area contributed by atoms with Crippen molar-refractivity contribution < 1.29 is 0 Å². The second-order valence-corrected chi connectivity index (χ2v) is 4.68. The van der Waals surface area contributed by atoms with Gasteiger partial charge in [0.15, 0.2) is 0 Å². The average Bonchev–Trinajstić information content (AvgIpc) is 2.17. The quantitative estimate of drug-likeness (QED) is 0.786. The first-order chi connectivity index (χ1) is 7.24. The zero-order chi connectivity index (χ0) is 10.7. The lowest BCUT2D eigenvalue weighted by atomic mass is 10.0. The van der Waals surface area contributed by atoms with E-state index in [2.05, 4.69) is 54.5 Å². The normalized spacial score (nSPS) is 27.9. The van der Waals surface area contributed by atoms with E-state index in [1.807, 2.05) is 0 Å². The predicted octanol–water partition coefficient (Wildman–Crippen LogP) is 1.52. The average molecular weight is 204 g/mol. The van der Waals surface area contributed by atoms with Crippen molar-refractivity contribution in [1.82, 2.24) is 10.2 Å². The van der Waals surface area contributed by atoms with E-state index in [0.717, 1.165) is 19.5 Å². The SMILES string of the molecule is C[C@@H]1CN(C)CC(Cc2ccccc2)N1. The number of nitrogens with zero attached hydrogens (tertiary/aromatic N) is 1. The maximum absolute atomic E-state index is 3.65. The van der Waals surface area contributed by atoms with Crippen LogP contribution in [-0.4, -0.2) is 37.1 Å². The van der Waals surface area contributed by atoms with Crippen LogP contribution in [0.5, 0.6) is 0 Å². The van der Waals surface area contributed by atoms with E-state index in [9.17, 15) is 0 Å². The van der Waals surface area contributed by atoms with Crippen molar-refractivity contribution in [2.75, 3.05) is 20.1 Å². The standard InChI is InChI=1S/C13H20N2/c1-11-9-15(2)10-13(14-11)8-12-6-4-3-5-7-12/h3-7,11,13-14H,8-10H2,1-2H3/t11-,13?/m1/s1. The minimum atomic E-state index is 0.598. The molecule has 0 amide bonds. The van der Waals surface area contributed by atoms with E-state index < -0.39 is 0 Å². The molecule has 0 spiro atoms. The summed E-state index contributed by atoms with van der Waals surface area (Å²) in [5.41, 5.74) is 1.43. The third kappa shape index (κ3) is 3.05. The van der Waals surface area contributed by atoms with Gasteiger partial charge in [-0.2, -0.15) is 0 Å². The van der Waals surface area contributed by atoms with E-state index in [4.69, 9.17) is 0 Å². The molecule has 2 atom stereocenters. The van der Waals surface area contributed by atoms with Crippen molar-refractivity contribution in [1.29, 1.82) is 0 Å². The van der Waals surface area contributed by atoms with Gasteiger partial charge in [0.1, 0.15) is 0 Å². The summed E-state index contributed by atoms with van der Waals surface area (Å²) in [6.07, 6.45) is 1.13. The van der Waals surface area contributed by atoms with Crippen LogP contribution in [0.25, 0.3) is 0 Å². The molecule has 0 radical (unpaired) electrons. The van der Waals surface area contributed by atoms with Gasteiger partial charge in [-0.15, -0.1) is 0 Å². The number of hydrogen-bond donors (Lipinski definition) is 1. The largest absolute Gasteiger partial charge is 0.309 e. The highest BCUT2D eigenvalue weighted by molar-refractivity contribution is 5.16. The topological polar surface area (TPSA) is 15.3 Å². The Kier molecular flexibility index (Phi) is 3.39. The predicted molar refractivity (Wildman–Crippen MR) is 64.0 cm³/mol. The number of benzene rings is 1. The minimum absolute atomic E-state index is 0.598. The van der Waals surface area contributed by atoms with Gasteiger partial charge in [-0.25, -0.2) is 0 Å². The van der Waals surface area contributed by atoms with Crippen molar-refractivity contribution in [3.05, 3.63) is 35.9 Å². The fourth-order valence-electron chi connectivity index (χ4n) is 2.45. The Balaban J connectivity index is 1.94. The Hall–Kier alpha value is -0.860. The van der Waals surface area contributed by atoms with E-state index in [1.54, 1.807) is 0 Å². The summed E-state index contributed by atoms with van der Waals surface area (Å²) in [7, 11) is 2.20. The minimum Gasteiger partial charge on any atom is -0.309 e. The number of piperazine rings is 1. The molecule has 0 aromatic heterocycles. The lowest BCUT2D eigenvalue weighted by molar-refractivity contribution is 0.199. The highest BCUT2D eigenvalue weighted by Crippen LogP contribution is 2.08. The van der Waals surface area contributed by atoms with Gasteiger partial charge in [0.2, 0.25) is 0 Å². The molecule has 0 bridgehead atoms. The van der Waals surface area contributed by atoms with E-state index >= 15 is 0 Å². The molecule has 1 aliphatic heterocycles. The number of likely N-dealkylation sites (N-methyl/N-ethyl adjacent to an activating group) is 1. The van der Waals surface area contributed by atoms with Crippen LogP contribution >= 0.6 is 0 Å². The van der Waals surface area contributed by atoms with Gasteiger partial charge in [-0.05, 0) is 26.0 Å². The zero-order valence-corrected chi connectivity index (χ0v) is 9.61. The molecule has 1 aromatic carbocycles. The Bertz CT molecular complexity index is 287. The van der Waals surface area contributed by atoms with E-state index in [-0.39, 0.29) is 0 Å². The molecule has 82 valence electrons. The highest BCUT2D eigenvalue weighted by atomic mass is 15.2. The maximum Gasteiger partial charge on any atom is 0.0238 e. The van der Waals surface area contributed by atoms with Gasteiger partial charge in [-0.3, -0.25) is 0 Å². The third-order valence-corrected chi connectivity index (χ3v) is 2.96. The van der Waals surface area contributed by atoms with Crippen molar-refractivity contribution in [2.45, 2.75) is 25.4 Å². The van der Waals surface area contributed by atoms with Crippen LogP contribution in [-0.2, 0) is 6.42 Å². The molecule has 0 aliphatic carbocycles. The molecule has 1 aliphatic rings. The van der Waals surface area contributed by atoms with Gasteiger partial charge >= 0.3 is 0 Å². The molecule has 2 rings (SSSR count).